The van der Waals surface area contributed by atoms with Gasteiger partial charge in [0.1, 0.15) is 11.6 Å². The van der Waals surface area contributed by atoms with E-state index in [0.717, 1.165) is 25.7 Å². The second-order valence-corrected chi connectivity index (χ2v) is 8.15. The van der Waals surface area contributed by atoms with Crippen molar-refractivity contribution >= 4 is 5.91 Å². The van der Waals surface area contributed by atoms with Gasteiger partial charge < -0.3 is 19.5 Å². The zero-order chi connectivity index (χ0) is 19.9. The van der Waals surface area contributed by atoms with Gasteiger partial charge in [-0.15, -0.1) is 0 Å². The molecular formula is C22H32FNO4. The van der Waals surface area contributed by atoms with E-state index in [0.29, 0.717) is 30.4 Å². The molecular weight excluding hydrogens is 361 g/mol. The van der Waals surface area contributed by atoms with Crippen LogP contribution >= 0.6 is 0 Å². The van der Waals surface area contributed by atoms with Gasteiger partial charge >= 0.3 is 0 Å². The molecule has 2 aliphatic rings. The summed E-state index contributed by atoms with van der Waals surface area (Å²) >= 11 is 0. The molecule has 28 heavy (non-hydrogen) atoms. The Bertz CT molecular complexity index is 641. The highest BCUT2D eigenvalue weighted by molar-refractivity contribution is 5.73. The SMILES string of the molecule is CC(=O)N[C@@H](C)COC1CCC(OCc2ccc(OCC3CC3)cc2F)CC1. The standard InChI is InChI=1S/C22H32FNO4/c1-15(24-16(2)25)12-26-19-7-9-20(10-8-19)28-14-18-5-6-21(11-22(18)23)27-13-17-3-4-17/h5-6,11,15,17,19-20H,3-4,7-10,12-14H2,1-2H3,(H,24,25)/t15-,19?,20?/m0/s1. The van der Waals surface area contributed by atoms with Crippen molar-refractivity contribution in [2.75, 3.05) is 13.2 Å². The molecule has 0 unspecified atom stereocenters. The number of carbonyl (C=O) groups excluding carboxylic acids is 1. The average Bonchev–Trinajstić information content (AvgIpc) is 3.49. The first-order chi connectivity index (χ1) is 13.5. The topological polar surface area (TPSA) is 56.8 Å². The van der Waals surface area contributed by atoms with Gasteiger partial charge in [0.25, 0.3) is 0 Å². The molecule has 2 fully saturated rings. The average molecular weight is 393 g/mol. The van der Waals surface area contributed by atoms with E-state index in [2.05, 4.69) is 5.32 Å². The molecule has 2 aliphatic carbocycles. The van der Waals surface area contributed by atoms with Gasteiger partial charge in [0.15, 0.2) is 0 Å². The van der Waals surface area contributed by atoms with Crippen molar-refractivity contribution in [3.8, 4) is 5.75 Å². The van der Waals surface area contributed by atoms with Crippen molar-refractivity contribution in [3.63, 3.8) is 0 Å². The molecule has 5 nitrogen and oxygen atoms in total. The lowest BCUT2D eigenvalue weighted by molar-refractivity contribution is -0.120. The predicted octanol–water partition coefficient (Wildman–Crippen LogP) is 3.98. The molecule has 0 heterocycles. The number of hydrogen-bond donors (Lipinski definition) is 1. The second-order valence-electron chi connectivity index (χ2n) is 8.15. The Labute approximate surface area is 166 Å². The summed E-state index contributed by atoms with van der Waals surface area (Å²) in [5.41, 5.74) is 0.571. The minimum Gasteiger partial charge on any atom is -0.493 e. The van der Waals surface area contributed by atoms with Crippen LogP contribution in [0, 0.1) is 11.7 Å². The largest absolute Gasteiger partial charge is 0.493 e. The third-order valence-corrected chi connectivity index (χ3v) is 5.33. The van der Waals surface area contributed by atoms with Gasteiger partial charge in [-0.2, -0.15) is 0 Å². The minimum absolute atomic E-state index is 0.0191. The molecule has 6 heteroatoms. The molecule has 0 spiro atoms. The zero-order valence-electron chi connectivity index (χ0n) is 16.9. The lowest BCUT2D eigenvalue weighted by Crippen LogP contribution is -2.36. The molecule has 1 amide bonds. The molecule has 0 aromatic heterocycles. The van der Waals surface area contributed by atoms with Gasteiger partial charge in [0.2, 0.25) is 5.91 Å². The van der Waals surface area contributed by atoms with E-state index >= 15 is 0 Å². The Kier molecular flexibility index (Phi) is 7.68. The van der Waals surface area contributed by atoms with E-state index in [-0.39, 0.29) is 36.6 Å². The number of carbonyl (C=O) groups is 1. The minimum atomic E-state index is -0.266. The molecule has 3 rings (SSSR count). The Balaban J connectivity index is 1.34. The van der Waals surface area contributed by atoms with Crippen LogP contribution in [-0.4, -0.2) is 37.4 Å². The Morgan fingerprint density at radius 2 is 1.82 bits per heavy atom. The van der Waals surface area contributed by atoms with Gasteiger partial charge in [-0.1, -0.05) is 6.07 Å². The van der Waals surface area contributed by atoms with E-state index in [4.69, 9.17) is 14.2 Å². The van der Waals surface area contributed by atoms with E-state index in [1.807, 2.05) is 13.0 Å². The fourth-order valence-corrected chi connectivity index (χ4v) is 3.48. The summed E-state index contributed by atoms with van der Waals surface area (Å²) in [4.78, 5) is 11.0. The van der Waals surface area contributed by atoms with Gasteiger partial charge in [-0.25, -0.2) is 4.39 Å². The van der Waals surface area contributed by atoms with Crippen molar-refractivity contribution in [3.05, 3.63) is 29.6 Å². The van der Waals surface area contributed by atoms with E-state index in [9.17, 15) is 9.18 Å². The van der Waals surface area contributed by atoms with Crippen LogP contribution in [-0.2, 0) is 20.9 Å². The first-order valence-corrected chi connectivity index (χ1v) is 10.4. The van der Waals surface area contributed by atoms with Crippen LogP contribution in [0.1, 0.15) is 57.9 Å². The fourth-order valence-electron chi connectivity index (χ4n) is 3.48. The van der Waals surface area contributed by atoms with Crippen LogP contribution in [0.4, 0.5) is 4.39 Å². The summed E-state index contributed by atoms with van der Waals surface area (Å²) in [6.07, 6.45) is 6.44. The maximum Gasteiger partial charge on any atom is 0.217 e. The molecule has 1 atom stereocenters. The molecule has 1 aromatic carbocycles. The number of benzene rings is 1. The molecule has 0 bridgehead atoms. The monoisotopic (exact) mass is 393 g/mol. The van der Waals surface area contributed by atoms with Crippen LogP contribution in [0.15, 0.2) is 18.2 Å². The summed E-state index contributed by atoms with van der Waals surface area (Å²) in [5, 5.41) is 2.82. The van der Waals surface area contributed by atoms with Crippen LogP contribution < -0.4 is 10.1 Å². The molecule has 1 N–H and O–H groups in total. The third kappa shape index (κ3) is 7.06. The summed E-state index contributed by atoms with van der Waals surface area (Å²) in [6.45, 7) is 4.94. The number of hydrogen-bond acceptors (Lipinski definition) is 4. The molecule has 2 saturated carbocycles. The van der Waals surface area contributed by atoms with Crippen molar-refractivity contribution < 1.29 is 23.4 Å². The Hall–Kier alpha value is -1.66. The summed E-state index contributed by atoms with van der Waals surface area (Å²) < 4.78 is 31.7. The molecule has 1 aromatic rings. The van der Waals surface area contributed by atoms with Gasteiger partial charge in [0.05, 0.1) is 32.0 Å². The number of rotatable bonds is 10. The molecule has 0 aliphatic heterocycles. The van der Waals surface area contributed by atoms with Crippen molar-refractivity contribution in [2.24, 2.45) is 5.92 Å². The highest BCUT2D eigenvalue weighted by Gasteiger charge is 2.24. The van der Waals surface area contributed by atoms with Crippen LogP contribution in [0.2, 0.25) is 0 Å². The number of amides is 1. The maximum atomic E-state index is 14.3. The van der Waals surface area contributed by atoms with Crippen molar-refractivity contribution in [1.82, 2.24) is 5.32 Å². The van der Waals surface area contributed by atoms with Gasteiger partial charge in [-0.3, -0.25) is 4.79 Å². The quantitative estimate of drug-likeness (QED) is 0.653. The second kappa shape index (κ2) is 10.2. The molecule has 156 valence electrons. The van der Waals surface area contributed by atoms with Crippen molar-refractivity contribution in [2.45, 2.75) is 77.2 Å². The summed E-state index contributed by atoms with van der Waals surface area (Å²) in [7, 11) is 0. The Morgan fingerprint density at radius 3 is 2.43 bits per heavy atom. The highest BCUT2D eigenvalue weighted by atomic mass is 19.1. The smallest absolute Gasteiger partial charge is 0.217 e. The Morgan fingerprint density at radius 1 is 1.14 bits per heavy atom. The third-order valence-electron chi connectivity index (χ3n) is 5.33. The van der Waals surface area contributed by atoms with Crippen molar-refractivity contribution in [1.29, 1.82) is 0 Å². The lowest BCUT2D eigenvalue weighted by Gasteiger charge is -2.29. The van der Waals surface area contributed by atoms with E-state index in [1.54, 1.807) is 6.07 Å². The van der Waals surface area contributed by atoms with Gasteiger partial charge in [-0.05, 0) is 57.4 Å². The first-order valence-electron chi connectivity index (χ1n) is 10.4. The van der Waals surface area contributed by atoms with E-state index < -0.39 is 0 Å². The summed E-state index contributed by atoms with van der Waals surface area (Å²) in [6, 6.07) is 5.06. The number of nitrogens with one attached hydrogen (secondary N) is 1. The van der Waals surface area contributed by atoms with Crippen LogP contribution in [0.5, 0.6) is 5.75 Å². The maximum absolute atomic E-state index is 14.3. The lowest BCUT2D eigenvalue weighted by atomic mass is 9.95. The predicted molar refractivity (Wildman–Crippen MR) is 105 cm³/mol. The van der Waals surface area contributed by atoms with E-state index in [1.165, 1.54) is 25.8 Å². The zero-order valence-corrected chi connectivity index (χ0v) is 16.9. The van der Waals surface area contributed by atoms with Crippen LogP contribution in [0.25, 0.3) is 0 Å². The number of halogens is 1. The molecule has 0 radical (unpaired) electrons. The normalized spacial score (nSPS) is 23.2. The summed E-state index contributed by atoms with van der Waals surface area (Å²) in [5.74, 6) is 0.943. The van der Waals surface area contributed by atoms with Gasteiger partial charge in [0, 0.05) is 24.6 Å². The number of ether oxygens (including phenoxy) is 3. The highest BCUT2D eigenvalue weighted by Crippen LogP contribution is 2.30. The molecule has 0 saturated heterocycles. The first kappa shape index (κ1) is 21.1. The van der Waals surface area contributed by atoms with Crippen LogP contribution in [0.3, 0.4) is 0 Å². The fraction of sp³-hybridized carbons (Fsp3) is 0.682.